The lowest BCUT2D eigenvalue weighted by atomic mass is 9.82. The van der Waals surface area contributed by atoms with Crippen LogP contribution in [0.25, 0.3) is 0 Å². The number of hydrogen-bond donors (Lipinski definition) is 7. The molecule has 0 spiro atoms. The molecule has 7 N–H and O–H groups in total. The number of amides is 2. The molecule has 0 aliphatic carbocycles. The molecule has 0 radical (unpaired) electrons. The van der Waals surface area contributed by atoms with Gasteiger partial charge in [0.2, 0.25) is 11.8 Å². The second kappa shape index (κ2) is 54.9. The number of allylic oxidation sites excluding steroid dienone is 2. The number of unbranched alkanes of at least 4 members (excludes halogenated alkanes) is 16. The highest BCUT2D eigenvalue weighted by Crippen LogP contribution is 2.29. The number of carboxylic acid groups (broad SMARTS) is 3. The van der Waals surface area contributed by atoms with Crippen molar-refractivity contribution in [2.75, 3.05) is 33.5 Å². The molecule has 0 unspecified atom stereocenters. The molecule has 0 aliphatic rings. The smallest absolute Gasteiger partial charge is 0.339 e. The number of ketones is 4. The summed E-state index contributed by atoms with van der Waals surface area (Å²) in [6.45, 7) is 6.59. The number of aliphatic hydroxyl groups is 2. The molecular weight excluding hydrogens is 1420 g/mol. The molecule has 0 fully saturated rings. The van der Waals surface area contributed by atoms with Crippen LogP contribution in [-0.2, 0) is 75.0 Å². The molecule has 4 aromatic carbocycles. The Balaban J connectivity index is 0.000000604. The fraction of sp³-hybridized carbons (Fsp3) is 0.494. The highest BCUT2D eigenvalue weighted by molar-refractivity contribution is 6.00. The quantitative estimate of drug-likeness (QED) is 0.00539. The summed E-state index contributed by atoms with van der Waals surface area (Å²) in [6.07, 6.45) is 22.7. The Morgan fingerprint density at radius 2 is 0.856 bits per heavy atom. The van der Waals surface area contributed by atoms with Gasteiger partial charge >= 0.3 is 35.8 Å². The van der Waals surface area contributed by atoms with E-state index in [1.165, 1.54) is 49.6 Å². The Morgan fingerprint density at radius 3 is 1.24 bits per heavy atom. The van der Waals surface area contributed by atoms with Crippen molar-refractivity contribution < 1.29 is 107 Å². The van der Waals surface area contributed by atoms with E-state index >= 15 is 0 Å². The van der Waals surface area contributed by atoms with Gasteiger partial charge in [-0.15, -0.1) is 11.8 Å². The summed E-state index contributed by atoms with van der Waals surface area (Å²) >= 11 is 0. The van der Waals surface area contributed by atoms with E-state index < -0.39 is 120 Å². The van der Waals surface area contributed by atoms with Crippen LogP contribution in [0, 0.1) is 35.5 Å². The topological polar surface area (TPSA) is 376 Å². The highest BCUT2D eigenvalue weighted by atomic mass is 16.6. The number of carbonyl (C=O) groups excluding carboxylic acids is 9. The van der Waals surface area contributed by atoms with Crippen molar-refractivity contribution >= 4 is 70.8 Å². The van der Waals surface area contributed by atoms with Gasteiger partial charge in [-0.05, 0) is 101 Å². The lowest BCUT2D eigenvalue weighted by Gasteiger charge is -2.30. The third kappa shape index (κ3) is 38.1. The lowest BCUT2D eigenvalue weighted by Crippen LogP contribution is -2.55. The van der Waals surface area contributed by atoms with E-state index in [9.17, 15) is 83.1 Å². The predicted molar refractivity (Wildman–Crippen MR) is 417 cm³/mol. The molecule has 24 heteroatoms. The van der Waals surface area contributed by atoms with Gasteiger partial charge in [-0.2, -0.15) is 0 Å². The van der Waals surface area contributed by atoms with Crippen LogP contribution in [0.3, 0.4) is 0 Å². The van der Waals surface area contributed by atoms with E-state index in [1.807, 2.05) is 0 Å². The number of methoxy groups -OCH3 is 1. The summed E-state index contributed by atoms with van der Waals surface area (Å²) in [7, 11) is 0.952. The van der Waals surface area contributed by atoms with Crippen LogP contribution in [-0.4, -0.2) is 153 Å². The average Bonchev–Trinajstić information content (AvgIpc) is 0.802. The summed E-state index contributed by atoms with van der Waals surface area (Å²) in [6, 6.07) is 26.2. The Morgan fingerprint density at radius 1 is 0.468 bits per heavy atom. The van der Waals surface area contributed by atoms with Gasteiger partial charge in [-0.25, -0.2) is 19.2 Å². The first kappa shape index (κ1) is 94.6. The van der Waals surface area contributed by atoms with Crippen LogP contribution in [0.15, 0.2) is 133 Å². The van der Waals surface area contributed by atoms with Crippen molar-refractivity contribution in [3.63, 3.8) is 0 Å². The summed E-state index contributed by atoms with van der Waals surface area (Å²) in [4.78, 5) is 154. The molecule has 111 heavy (non-hydrogen) atoms. The summed E-state index contributed by atoms with van der Waals surface area (Å²) in [5.41, 5.74) is -4.29. The Bertz CT molecular complexity index is 3760. The zero-order valence-electron chi connectivity index (χ0n) is 64.8. The average molecular weight is 1540 g/mol. The molecule has 0 saturated carbocycles. The molecule has 0 aliphatic heterocycles. The third-order valence-corrected chi connectivity index (χ3v) is 18.1. The van der Waals surface area contributed by atoms with Gasteiger partial charge in [-0.1, -0.05) is 212 Å². The fourth-order valence-corrected chi connectivity index (χ4v) is 11.7. The minimum absolute atomic E-state index is 0.135. The van der Waals surface area contributed by atoms with Crippen LogP contribution < -0.4 is 20.1 Å². The highest BCUT2D eigenvalue weighted by Gasteiger charge is 2.51. The van der Waals surface area contributed by atoms with Crippen LogP contribution in [0.1, 0.15) is 226 Å². The van der Waals surface area contributed by atoms with Gasteiger partial charge in [0.1, 0.15) is 48.4 Å². The number of carboxylic acids is 3. The molecule has 6 atom stereocenters. The van der Waals surface area contributed by atoms with Gasteiger partial charge in [0.25, 0.3) is 0 Å². The number of ether oxygens (including phenoxy) is 5. The first-order valence-electron chi connectivity index (χ1n) is 38.3. The fourth-order valence-electron chi connectivity index (χ4n) is 11.7. The molecule has 602 valence electrons. The molecule has 0 heterocycles. The number of Topliss-reactive ketones (excluding diaryl/α,β-unsaturated/α-hetero) is 4. The van der Waals surface area contributed by atoms with Gasteiger partial charge in [0.15, 0.2) is 36.0 Å². The van der Waals surface area contributed by atoms with Crippen molar-refractivity contribution in [2.45, 2.75) is 231 Å². The summed E-state index contributed by atoms with van der Waals surface area (Å²) in [5.74, 6) is -2.94. The minimum atomic E-state index is -3.11. The molecule has 24 nitrogen and oxygen atoms in total. The van der Waals surface area contributed by atoms with Crippen LogP contribution in [0.2, 0.25) is 0 Å². The van der Waals surface area contributed by atoms with Crippen molar-refractivity contribution in [3.05, 3.63) is 156 Å². The van der Waals surface area contributed by atoms with Gasteiger partial charge in [-0.3, -0.25) is 38.4 Å². The summed E-state index contributed by atoms with van der Waals surface area (Å²) in [5, 5.41) is 57.5. The largest absolute Gasteiger partial charge is 0.481 e. The second-order valence-electron chi connectivity index (χ2n) is 27.0. The van der Waals surface area contributed by atoms with E-state index in [0.29, 0.717) is 74.0 Å². The number of aliphatic carboxylic acids is 3. The van der Waals surface area contributed by atoms with Crippen LogP contribution >= 0.6 is 0 Å². The van der Waals surface area contributed by atoms with E-state index in [1.54, 1.807) is 117 Å². The Hall–Kier alpha value is -10.6. The maximum atomic E-state index is 14.3. The van der Waals surface area contributed by atoms with Gasteiger partial charge in [0, 0.05) is 49.7 Å². The monoisotopic (exact) mass is 1540 g/mol. The van der Waals surface area contributed by atoms with Crippen molar-refractivity contribution in [1.29, 1.82) is 0 Å². The summed E-state index contributed by atoms with van der Waals surface area (Å²) < 4.78 is 26.1. The Labute approximate surface area is 652 Å². The molecule has 0 bridgehead atoms. The van der Waals surface area contributed by atoms with Gasteiger partial charge < -0.3 is 59.9 Å². The minimum Gasteiger partial charge on any atom is -0.481 e. The normalized spacial score (nSPS) is 13.0. The molecule has 0 aromatic heterocycles. The van der Waals surface area contributed by atoms with Crippen molar-refractivity contribution in [2.24, 2.45) is 11.8 Å². The maximum Gasteiger partial charge on any atom is 0.339 e. The van der Waals surface area contributed by atoms with E-state index in [0.717, 1.165) is 90.6 Å². The number of rotatable bonds is 56. The van der Waals surface area contributed by atoms with E-state index in [4.69, 9.17) is 18.9 Å². The molecular formula is C87H112N2O22. The Kier molecular flexibility index (Phi) is 46.8. The SMILES string of the molecule is CC#CCOc1ccc(C[C@H](NC(=O)[C@@H](/C=C/CCCCCCC(=O)CCCCCCC)[C@@](O)(CC(=O)O)C(=O)OC)C(=O)O)cc1.CC#CCOc1ccc(C[C@H](NC(=O)[C@@H](/C=C/CCCCCCC(=O)CCCCCCC)[C@@](O)(CC(=O)OCC(=O)c2ccccc2)C(=O)O)C(=O)OCC(=O)c2ccccc2)cc1. The zero-order valence-corrected chi connectivity index (χ0v) is 64.8. The molecule has 4 rings (SSSR count). The number of benzene rings is 4. The molecule has 0 saturated heterocycles. The first-order chi connectivity index (χ1) is 53.3. The molecule has 4 aromatic rings. The number of esters is 3. The van der Waals surface area contributed by atoms with Gasteiger partial charge in [0.05, 0.1) is 31.8 Å². The maximum absolute atomic E-state index is 14.3. The van der Waals surface area contributed by atoms with Crippen molar-refractivity contribution in [3.8, 4) is 35.2 Å². The standard InChI is InChI=1S/C51H61NO12.C36H51NO10/c1-3-5-7-10-19-26-41(53)27-20-11-8-9-12-21-28-43(51(61,50(59)60)35-47(56)63-36-45(54)39-22-15-13-16-23-39)48(57)52-44(34-38-29-31-42(32-30-38)62-33-6-4-2)49(58)64-37-46(55)40-24-17-14-18-25-40;1-4-6-8-11-14-17-28(38)18-15-12-9-10-13-16-19-30(36(45,26-32(39)40)35(44)46-3)33(41)37-31(34(42)43)25-27-20-22-29(23-21-27)47-24-7-5-2/h13-18,21-25,28-32,43-44,61H,3,5,7-12,19-20,26-27,33-37H2,1-2H3,(H,52,57)(H,59,60);16,19-23,30-31,45H,4,6,8-15,17-18,24-26H2,1-3H3,(H,37,41)(H,39,40)(H,42,43)/b28-21+;19-16+/t43-,44+,51+;30-,31+,36+/m11/s1. The zero-order chi connectivity index (χ0) is 81.7. The van der Waals surface area contributed by atoms with Crippen LogP contribution in [0.4, 0.5) is 0 Å². The number of nitrogens with one attached hydrogen (secondary N) is 2. The second-order valence-corrected chi connectivity index (χ2v) is 27.0. The molecule has 2 amide bonds. The van der Waals surface area contributed by atoms with E-state index in [-0.39, 0.29) is 48.7 Å². The predicted octanol–water partition coefficient (Wildman–Crippen LogP) is 12.6. The first-order valence-corrected chi connectivity index (χ1v) is 38.3. The third-order valence-electron chi connectivity index (χ3n) is 18.1. The number of carbonyl (C=O) groups is 12. The van der Waals surface area contributed by atoms with Crippen molar-refractivity contribution in [1.82, 2.24) is 10.6 Å². The lowest BCUT2D eigenvalue weighted by molar-refractivity contribution is -0.175. The number of hydrogen-bond acceptors (Lipinski definition) is 19. The van der Waals surface area contributed by atoms with E-state index in [2.05, 4.69) is 52.9 Å². The van der Waals surface area contributed by atoms with Crippen LogP contribution in [0.5, 0.6) is 11.5 Å².